The number of hydrogen-bond acceptors (Lipinski definition) is 3. The van der Waals surface area contributed by atoms with Gasteiger partial charge in [0.1, 0.15) is 0 Å². The number of likely N-dealkylation sites (N-methyl/N-ethyl adjacent to an activating group) is 1. The number of rotatable bonds is 6. The van der Waals surface area contributed by atoms with E-state index in [0.717, 1.165) is 13.1 Å². The highest BCUT2D eigenvalue weighted by molar-refractivity contribution is 7.10. The molecule has 0 bridgehead atoms. The van der Waals surface area contributed by atoms with Gasteiger partial charge in [-0.2, -0.15) is 0 Å². The first-order valence-corrected chi connectivity index (χ1v) is 8.00. The summed E-state index contributed by atoms with van der Waals surface area (Å²) in [7, 11) is 2.16. The van der Waals surface area contributed by atoms with Crippen LogP contribution in [-0.2, 0) is 0 Å². The third-order valence-electron chi connectivity index (χ3n) is 3.51. The first kappa shape index (κ1) is 15.1. The van der Waals surface area contributed by atoms with Gasteiger partial charge in [0.05, 0.1) is 0 Å². The highest BCUT2D eigenvalue weighted by Gasteiger charge is 2.06. The summed E-state index contributed by atoms with van der Waals surface area (Å²) in [5.41, 5.74) is 3.95. The summed E-state index contributed by atoms with van der Waals surface area (Å²) in [5, 5.41) is 5.72. The predicted molar refractivity (Wildman–Crippen MR) is 89.9 cm³/mol. The minimum absolute atomic E-state index is 0.433. The van der Waals surface area contributed by atoms with Crippen molar-refractivity contribution >= 4 is 17.0 Å². The lowest BCUT2D eigenvalue weighted by Gasteiger charge is -2.22. The van der Waals surface area contributed by atoms with E-state index in [-0.39, 0.29) is 0 Å². The van der Waals surface area contributed by atoms with Crippen LogP contribution in [0.2, 0.25) is 0 Å². The molecule has 0 fully saturated rings. The molecule has 108 valence electrons. The Kier molecular flexibility index (Phi) is 5.21. The van der Waals surface area contributed by atoms with Crippen molar-refractivity contribution in [2.75, 3.05) is 25.0 Å². The summed E-state index contributed by atoms with van der Waals surface area (Å²) in [6.45, 7) is 8.53. The van der Waals surface area contributed by atoms with Crippen LogP contribution in [0.3, 0.4) is 0 Å². The van der Waals surface area contributed by atoms with Crippen molar-refractivity contribution in [3.63, 3.8) is 0 Å². The molecule has 0 amide bonds. The second-order valence-corrected chi connectivity index (χ2v) is 6.44. The van der Waals surface area contributed by atoms with Crippen LogP contribution in [0.1, 0.15) is 29.0 Å². The number of nitrogens with zero attached hydrogens (tertiary/aromatic N) is 1. The summed E-state index contributed by atoms with van der Waals surface area (Å²) in [4.78, 5) is 3.72. The fraction of sp³-hybridized carbons (Fsp3) is 0.412. The Morgan fingerprint density at radius 1 is 1.20 bits per heavy atom. The first-order valence-electron chi connectivity index (χ1n) is 7.12. The third kappa shape index (κ3) is 4.09. The summed E-state index contributed by atoms with van der Waals surface area (Å²) in [5.74, 6) is 0. The number of aryl methyl sites for hydroxylation is 2. The molecule has 0 aliphatic heterocycles. The molecular weight excluding hydrogens is 264 g/mol. The van der Waals surface area contributed by atoms with E-state index < -0.39 is 0 Å². The van der Waals surface area contributed by atoms with E-state index in [0.29, 0.717) is 6.04 Å². The normalized spacial score (nSPS) is 12.4. The maximum atomic E-state index is 3.58. The Morgan fingerprint density at radius 2 is 1.90 bits per heavy atom. The van der Waals surface area contributed by atoms with E-state index in [1.807, 2.05) is 11.3 Å². The molecule has 1 aromatic carbocycles. The van der Waals surface area contributed by atoms with Crippen LogP contribution in [0.4, 0.5) is 5.69 Å². The lowest BCUT2D eigenvalue weighted by molar-refractivity contribution is 0.584. The Balaban J connectivity index is 1.84. The highest BCUT2D eigenvalue weighted by atomic mass is 32.1. The maximum Gasteiger partial charge on any atom is 0.0386 e. The molecule has 1 heterocycles. The van der Waals surface area contributed by atoms with Crippen LogP contribution >= 0.6 is 11.3 Å². The molecule has 3 heteroatoms. The van der Waals surface area contributed by atoms with Crippen molar-refractivity contribution in [1.29, 1.82) is 0 Å². The van der Waals surface area contributed by atoms with Crippen LogP contribution in [0.25, 0.3) is 0 Å². The van der Waals surface area contributed by atoms with Crippen molar-refractivity contribution in [3.8, 4) is 0 Å². The molecule has 0 spiro atoms. The van der Waals surface area contributed by atoms with Crippen LogP contribution in [0, 0.1) is 13.8 Å². The molecule has 0 aliphatic carbocycles. The second kappa shape index (κ2) is 6.91. The van der Waals surface area contributed by atoms with Gasteiger partial charge in [0, 0.05) is 36.7 Å². The van der Waals surface area contributed by atoms with E-state index in [1.165, 1.54) is 21.7 Å². The topological polar surface area (TPSA) is 15.3 Å². The molecule has 1 N–H and O–H groups in total. The lowest BCUT2D eigenvalue weighted by Crippen LogP contribution is -2.30. The molecule has 1 atom stereocenters. The zero-order chi connectivity index (χ0) is 14.5. The quantitative estimate of drug-likeness (QED) is 0.859. The van der Waals surface area contributed by atoms with Crippen molar-refractivity contribution in [2.45, 2.75) is 26.8 Å². The predicted octanol–water partition coefficient (Wildman–Crippen LogP) is 4.15. The van der Waals surface area contributed by atoms with Crippen molar-refractivity contribution in [2.24, 2.45) is 0 Å². The fourth-order valence-electron chi connectivity index (χ4n) is 2.39. The molecule has 0 saturated carbocycles. The Hall–Kier alpha value is -1.32. The minimum Gasteiger partial charge on any atom is -0.373 e. The number of nitrogens with one attached hydrogen (secondary N) is 1. The van der Waals surface area contributed by atoms with Crippen LogP contribution in [-0.4, -0.2) is 20.1 Å². The molecule has 2 rings (SSSR count). The van der Waals surface area contributed by atoms with Gasteiger partial charge in [-0.15, -0.1) is 11.3 Å². The summed E-state index contributed by atoms with van der Waals surface area (Å²) in [6, 6.07) is 11.4. The minimum atomic E-state index is 0.433. The van der Waals surface area contributed by atoms with Gasteiger partial charge < -0.3 is 10.2 Å². The maximum absolute atomic E-state index is 3.58. The van der Waals surface area contributed by atoms with Gasteiger partial charge in [-0.05, 0) is 55.5 Å². The molecule has 0 aliphatic rings. The van der Waals surface area contributed by atoms with Crippen molar-refractivity contribution in [1.82, 2.24) is 5.32 Å². The van der Waals surface area contributed by atoms with Crippen LogP contribution < -0.4 is 10.2 Å². The number of anilines is 1. The summed E-state index contributed by atoms with van der Waals surface area (Å²) >= 11 is 1.81. The van der Waals surface area contributed by atoms with Gasteiger partial charge in [0.2, 0.25) is 0 Å². The number of benzene rings is 1. The molecule has 1 aromatic heterocycles. The fourth-order valence-corrected chi connectivity index (χ4v) is 3.15. The van der Waals surface area contributed by atoms with Gasteiger partial charge in [-0.1, -0.05) is 12.1 Å². The van der Waals surface area contributed by atoms with E-state index in [4.69, 9.17) is 0 Å². The van der Waals surface area contributed by atoms with Crippen LogP contribution in [0.5, 0.6) is 0 Å². The molecule has 2 aromatic rings. The Labute approximate surface area is 126 Å². The number of thiophene rings is 1. The standard InChI is InChI=1S/C17H24N2S/c1-13-10-14(2)12-16(11-13)19(4)8-7-18-15(3)17-6-5-9-20-17/h5-6,9-12,15,18H,7-8H2,1-4H3. The molecule has 1 unspecified atom stereocenters. The first-order chi connectivity index (χ1) is 9.56. The van der Waals surface area contributed by atoms with Gasteiger partial charge >= 0.3 is 0 Å². The smallest absolute Gasteiger partial charge is 0.0386 e. The van der Waals surface area contributed by atoms with Gasteiger partial charge in [0.25, 0.3) is 0 Å². The summed E-state index contributed by atoms with van der Waals surface area (Å²) < 4.78 is 0. The highest BCUT2D eigenvalue weighted by Crippen LogP contribution is 2.19. The van der Waals surface area contributed by atoms with Gasteiger partial charge in [-0.25, -0.2) is 0 Å². The third-order valence-corrected chi connectivity index (χ3v) is 4.57. The largest absolute Gasteiger partial charge is 0.373 e. The van der Waals surface area contributed by atoms with Gasteiger partial charge in [0.15, 0.2) is 0 Å². The SMILES string of the molecule is Cc1cc(C)cc(N(C)CCNC(C)c2cccs2)c1. The zero-order valence-electron chi connectivity index (χ0n) is 12.8. The molecule has 0 saturated heterocycles. The molecule has 2 nitrogen and oxygen atoms in total. The van der Waals surface area contributed by atoms with E-state index >= 15 is 0 Å². The lowest BCUT2D eigenvalue weighted by atomic mass is 10.1. The summed E-state index contributed by atoms with van der Waals surface area (Å²) in [6.07, 6.45) is 0. The average molecular weight is 288 g/mol. The number of hydrogen-bond donors (Lipinski definition) is 1. The average Bonchev–Trinajstić information content (AvgIpc) is 2.91. The monoisotopic (exact) mass is 288 g/mol. The molecular formula is C17H24N2S. The van der Waals surface area contributed by atoms with Crippen molar-refractivity contribution < 1.29 is 0 Å². The van der Waals surface area contributed by atoms with Crippen LogP contribution in [0.15, 0.2) is 35.7 Å². The van der Waals surface area contributed by atoms with E-state index in [1.54, 1.807) is 0 Å². The molecule has 20 heavy (non-hydrogen) atoms. The van der Waals surface area contributed by atoms with E-state index in [2.05, 4.69) is 73.7 Å². The Morgan fingerprint density at radius 3 is 2.50 bits per heavy atom. The molecule has 0 radical (unpaired) electrons. The zero-order valence-corrected chi connectivity index (χ0v) is 13.6. The van der Waals surface area contributed by atoms with E-state index in [9.17, 15) is 0 Å². The Bertz CT molecular complexity index is 514. The van der Waals surface area contributed by atoms with Gasteiger partial charge in [-0.3, -0.25) is 0 Å². The van der Waals surface area contributed by atoms with Crippen molar-refractivity contribution in [3.05, 3.63) is 51.7 Å². The second-order valence-electron chi connectivity index (χ2n) is 5.46.